The van der Waals surface area contributed by atoms with Gasteiger partial charge in [-0.1, -0.05) is 35.3 Å². The topological polar surface area (TPSA) is 102 Å². The first-order valence-corrected chi connectivity index (χ1v) is 12.9. The van der Waals surface area contributed by atoms with Gasteiger partial charge < -0.3 is 19.1 Å². The maximum atomic E-state index is 13.3. The van der Waals surface area contributed by atoms with Crippen molar-refractivity contribution in [2.75, 3.05) is 25.6 Å². The number of hydrogen-bond acceptors (Lipinski definition) is 6. The summed E-state index contributed by atoms with van der Waals surface area (Å²) in [5.41, 5.74) is 1.12. The van der Waals surface area contributed by atoms with E-state index in [1.165, 1.54) is 61.4 Å². The highest BCUT2D eigenvalue weighted by atomic mass is 35.5. The van der Waals surface area contributed by atoms with E-state index in [9.17, 15) is 18.0 Å². The molecule has 0 radical (unpaired) electrons. The second-order valence-corrected chi connectivity index (χ2v) is 10.1. The standard InChI is InChI=1S/C25H24Cl2N2O6S/c1-17(30)28-20-8-10-21(11-9-20)36(32,33)35-24-12-7-19(26)15-18(24)16-29(13-14-34-2)25(31)22-5-3-4-6-23(22)27/h3-12,15H,13-14,16H2,1-2H3,(H,28,30). The fourth-order valence-corrected chi connectivity index (χ4v) is 4.67. The van der Waals surface area contributed by atoms with Gasteiger partial charge in [-0.25, -0.2) is 0 Å². The minimum Gasteiger partial charge on any atom is -0.383 e. The van der Waals surface area contributed by atoms with Gasteiger partial charge in [0.1, 0.15) is 10.6 Å². The molecule has 0 fully saturated rings. The second-order valence-electron chi connectivity index (χ2n) is 7.69. The molecular weight excluding hydrogens is 527 g/mol. The average molecular weight is 551 g/mol. The van der Waals surface area contributed by atoms with Gasteiger partial charge in [-0.05, 0) is 54.6 Å². The Labute approximate surface area is 219 Å². The van der Waals surface area contributed by atoms with E-state index in [2.05, 4.69) is 5.32 Å². The third-order valence-corrected chi connectivity index (χ3v) is 6.82. The van der Waals surface area contributed by atoms with Gasteiger partial charge in [-0.3, -0.25) is 9.59 Å². The maximum absolute atomic E-state index is 13.3. The number of carbonyl (C=O) groups is 2. The average Bonchev–Trinajstić information content (AvgIpc) is 2.83. The number of anilines is 1. The molecule has 3 rings (SSSR count). The van der Waals surface area contributed by atoms with Crippen molar-refractivity contribution in [1.29, 1.82) is 0 Å². The summed E-state index contributed by atoms with van der Waals surface area (Å²) >= 11 is 12.4. The largest absolute Gasteiger partial charge is 0.383 e. The molecular formula is C25H24Cl2N2O6S. The van der Waals surface area contributed by atoms with Crippen LogP contribution in [0, 0.1) is 0 Å². The van der Waals surface area contributed by atoms with Gasteiger partial charge >= 0.3 is 10.1 Å². The van der Waals surface area contributed by atoms with Gasteiger partial charge in [0, 0.05) is 43.4 Å². The Kier molecular flexibility index (Phi) is 9.33. The lowest BCUT2D eigenvalue weighted by molar-refractivity contribution is -0.114. The Balaban J connectivity index is 1.90. The monoisotopic (exact) mass is 550 g/mol. The van der Waals surface area contributed by atoms with Gasteiger partial charge in [0.2, 0.25) is 5.91 Å². The lowest BCUT2D eigenvalue weighted by Crippen LogP contribution is -2.34. The maximum Gasteiger partial charge on any atom is 0.339 e. The first-order chi connectivity index (χ1) is 17.1. The molecule has 2 amide bonds. The lowest BCUT2D eigenvalue weighted by Gasteiger charge is -2.24. The lowest BCUT2D eigenvalue weighted by atomic mass is 10.1. The Bertz CT molecular complexity index is 1350. The van der Waals surface area contributed by atoms with Crippen molar-refractivity contribution in [3.63, 3.8) is 0 Å². The molecule has 0 spiro atoms. The van der Waals surface area contributed by atoms with E-state index in [0.29, 0.717) is 21.8 Å². The minimum atomic E-state index is -4.23. The number of halogens is 2. The summed E-state index contributed by atoms with van der Waals surface area (Å²) in [6, 6.07) is 16.6. The number of benzene rings is 3. The van der Waals surface area contributed by atoms with Crippen molar-refractivity contribution in [2.45, 2.75) is 18.4 Å². The number of nitrogens with one attached hydrogen (secondary N) is 1. The van der Waals surface area contributed by atoms with Crippen LogP contribution in [0.5, 0.6) is 5.75 Å². The van der Waals surface area contributed by atoms with E-state index >= 15 is 0 Å². The summed E-state index contributed by atoms with van der Waals surface area (Å²) in [6.07, 6.45) is 0. The Morgan fingerprint density at radius 3 is 2.33 bits per heavy atom. The fourth-order valence-electron chi connectivity index (χ4n) is 3.29. The van der Waals surface area contributed by atoms with Crippen LogP contribution in [-0.4, -0.2) is 45.4 Å². The van der Waals surface area contributed by atoms with Crippen LogP contribution in [0.25, 0.3) is 0 Å². The van der Waals surface area contributed by atoms with E-state index in [-0.39, 0.29) is 47.2 Å². The SMILES string of the molecule is COCCN(Cc1cc(Cl)ccc1OS(=O)(=O)c1ccc(NC(C)=O)cc1)C(=O)c1ccccc1Cl. The predicted octanol–water partition coefficient (Wildman–Crippen LogP) is 5.01. The zero-order valence-electron chi connectivity index (χ0n) is 19.5. The third kappa shape index (κ3) is 7.20. The molecule has 0 unspecified atom stereocenters. The molecule has 190 valence electrons. The summed E-state index contributed by atoms with van der Waals surface area (Å²) in [5.74, 6) is -0.628. The van der Waals surface area contributed by atoms with E-state index in [4.69, 9.17) is 32.1 Å². The highest BCUT2D eigenvalue weighted by molar-refractivity contribution is 7.87. The Morgan fingerprint density at radius 1 is 1.00 bits per heavy atom. The number of methoxy groups -OCH3 is 1. The van der Waals surface area contributed by atoms with Crippen LogP contribution in [0.1, 0.15) is 22.8 Å². The molecule has 0 saturated heterocycles. The number of nitrogens with zero attached hydrogens (tertiary/aromatic N) is 1. The molecule has 8 nitrogen and oxygen atoms in total. The van der Waals surface area contributed by atoms with Crippen LogP contribution in [0.3, 0.4) is 0 Å². The molecule has 3 aromatic carbocycles. The summed E-state index contributed by atoms with van der Waals surface area (Å²) in [5, 5.41) is 3.20. The minimum absolute atomic E-state index is 0.0136. The van der Waals surface area contributed by atoms with Gasteiger partial charge in [-0.2, -0.15) is 8.42 Å². The number of ether oxygens (including phenoxy) is 1. The normalized spacial score (nSPS) is 11.1. The van der Waals surface area contributed by atoms with Crippen LogP contribution >= 0.6 is 23.2 Å². The zero-order chi connectivity index (χ0) is 26.3. The van der Waals surface area contributed by atoms with E-state index in [0.717, 1.165) is 0 Å². The molecule has 1 N–H and O–H groups in total. The molecule has 0 bridgehead atoms. The van der Waals surface area contributed by atoms with Crippen LogP contribution in [-0.2, 0) is 26.2 Å². The van der Waals surface area contributed by atoms with Crippen molar-refractivity contribution >= 4 is 50.8 Å². The molecule has 0 aromatic heterocycles. The molecule has 3 aromatic rings. The highest BCUT2D eigenvalue weighted by Crippen LogP contribution is 2.29. The molecule has 0 atom stereocenters. The Morgan fingerprint density at radius 2 is 1.69 bits per heavy atom. The summed E-state index contributed by atoms with van der Waals surface area (Å²) in [4.78, 5) is 25.8. The summed E-state index contributed by atoms with van der Waals surface area (Å²) in [7, 11) is -2.72. The second kappa shape index (κ2) is 12.2. The summed E-state index contributed by atoms with van der Waals surface area (Å²) < 4.78 is 36.5. The van der Waals surface area contributed by atoms with Crippen molar-refractivity contribution in [3.05, 3.63) is 87.9 Å². The molecule has 0 aliphatic rings. The zero-order valence-corrected chi connectivity index (χ0v) is 21.9. The van der Waals surface area contributed by atoms with Crippen molar-refractivity contribution < 1.29 is 26.9 Å². The van der Waals surface area contributed by atoms with Crippen LogP contribution in [0.4, 0.5) is 5.69 Å². The highest BCUT2D eigenvalue weighted by Gasteiger charge is 2.23. The van der Waals surface area contributed by atoms with Gasteiger partial charge in [0.05, 0.1) is 17.2 Å². The van der Waals surface area contributed by atoms with Crippen LogP contribution < -0.4 is 9.50 Å². The number of amides is 2. The Hall–Kier alpha value is -3.11. The fraction of sp³-hybridized carbons (Fsp3) is 0.200. The quantitative estimate of drug-likeness (QED) is 0.356. The predicted molar refractivity (Wildman–Crippen MR) is 138 cm³/mol. The molecule has 36 heavy (non-hydrogen) atoms. The molecule has 11 heteroatoms. The number of hydrogen-bond donors (Lipinski definition) is 1. The van der Waals surface area contributed by atoms with Crippen LogP contribution in [0.15, 0.2) is 71.6 Å². The molecule has 0 aliphatic carbocycles. The van der Waals surface area contributed by atoms with Gasteiger partial charge in [-0.15, -0.1) is 0 Å². The number of rotatable bonds is 10. The van der Waals surface area contributed by atoms with E-state index in [1.54, 1.807) is 24.3 Å². The van der Waals surface area contributed by atoms with Crippen molar-refractivity contribution in [3.8, 4) is 5.75 Å². The van der Waals surface area contributed by atoms with Crippen LogP contribution in [0.2, 0.25) is 10.0 Å². The first-order valence-electron chi connectivity index (χ1n) is 10.7. The van der Waals surface area contributed by atoms with E-state index < -0.39 is 10.1 Å². The summed E-state index contributed by atoms with van der Waals surface area (Å²) in [6.45, 7) is 1.79. The van der Waals surface area contributed by atoms with Crippen molar-refractivity contribution in [1.82, 2.24) is 4.90 Å². The first kappa shape index (κ1) is 27.5. The third-order valence-electron chi connectivity index (χ3n) is 5.00. The smallest absolute Gasteiger partial charge is 0.339 e. The molecule has 0 saturated carbocycles. The van der Waals surface area contributed by atoms with Gasteiger partial charge in [0.25, 0.3) is 5.91 Å². The number of carbonyl (C=O) groups excluding carboxylic acids is 2. The molecule has 0 heterocycles. The molecule has 0 aliphatic heterocycles. The van der Waals surface area contributed by atoms with E-state index in [1.807, 2.05) is 0 Å². The van der Waals surface area contributed by atoms with Gasteiger partial charge in [0.15, 0.2) is 0 Å². The van der Waals surface area contributed by atoms with Crippen molar-refractivity contribution in [2.24, 2.45) is 0 Å².